The molecule has 2 amide bonds. The number of nitrogens with two attached hydrogens (primary N) is 1. The second kappa shape index (κ2) is 5.04. The van der Waals surface area contributed by atoms with Gasteiger partial charge in [0, 0.05) is 0 Å². The molecule has 8 nitrogen and oxygen atoms in total. The molecule has 9 heteroatoms. The van der Waals surface area contributed by atoms with Gasteiger partial charge in [-0.2, -0.15) is 0 Å². The molecular weight excluding hydrogens is 309 g/mol. The average Bonchev–Trinajstić information content (AvgIpc) is 2.61. The third kappa shape index (κ3) is 2.20. The maximum absolute atomic E-state index is 11.7. The van der Waals surface area contributed by atoms with Crippen molar-refractivity contribution >= 4 is 31.9 Å². The molecule has 2 heterocycles. The number of hydrogen-bond acceptors (Lipinski definition) is 6. The van der Waals surface area contributed by atoms with Gasteiger partial charge in [0.25, 0.3) is 0 Å². The van der Waals surface area contributed by atoms with Gasteiger partial charge in [0.15, 0.2) is 0 Å². The molecule has 0 aromatic carbocycles. The fourth-order valence-electron chi connectivity index (χ4n) is 1.87. The maximum atomic E-state index is 11.7. The molecule has 0 saturated carbocycles. The van der Waals surface area contributed by atoms with Crippen molar-refractivity contribution < 1.29 is 24.9 Å². The molecule has 18 heavy (non-hydrogen) atoms. The van der Waals surface area contributed by atoms with Crippen molar-refractivity contribution in [1.82, 2.24) is 4.90 Å². The quantitative estimate of drug-likeness (QED) is 0.392. The molecule has 1 fully saturated rings. The molecule has 0 aliphatic carbocycles. The van der Waals surface area contributed by atoms with Crippen LogP contribution in [0.4, 0.5) is 4.79 Å². The van der Waals surface area contributed by atoms with Crippen LogP contribution in [0.15, 0.2) is 4.99 Å². The van der Waals surface area contributed by atoms with Crippen LogP contribution in [0.1, 0.15) is 0 Å². The Bertz CT molecular complexity index is 415. The van der Waals surface area contributed by atoms with Crippen LogP contribution in [0, 0.1) is 0 Å². The molecule has 2 rings (SSSR count). The van der Waals surface area contributed by atoms with Crippen molar-refractivity contribution in [3.63, 3.8) is 0 Å². The second-order valence-electron chi connectivity index (χ2n) is 4.06. The summed E-state index contributed by atoms with van der Waals surface area (Å²) < 4.78 is 5.79. The van der Waals surface area contributed by atoms with Gasteiger partial charge in [0.2, 0.25) is 0 Å². The van der Waals surface area contributed by atoms with Gasteiger partial charge in [-0.15, -0.1) is 0 Å². The van der Waals surface area contributed by atoms with Gasteiger partial charge in [-0.25, -0.2) is 0 Å². The summed E-state index contributed by atoms with van der Waals surface area (Å²) in [6.45, 7) is -0.336. The standard InChI is InChI=1S/C9H13N3O5Se/c10-7-4(18)1-12(9(16)11-7)8-6(15)5(14)3(2-13)17-8/h3,5-6,8,13-15H,1-2H2,(H2,10,11,16)/t3-,5-,6-,8-/m1/s1. The molecule has 0 bridgehead atoms. The summed E-state index contributed by atoms with van der Waals surface area (Å²) in [7, 11) is 0. The zero-order valence-electron chi connectivity index (χ0n) is 9.26. The minimum atomic E-state index is -1.30. The summed E-state index contributed by atoms with van der Waals surface area (Å²) in [5.41, 5.74) is 5.49. The van der Waals surface area contributed by atoms with E-state index < -0.39 is 37.2 Å². The normalized spacial score (nSPS) is 37.1. The van der Waals surface area contributed by atoms with Crippen molar-refractivity contribution in [3.05, 3.63) is 0 Å². The second-order valence-corrected chi connectivity index (χ2v) is 5.09. The van der Waals surface area contributed by atoms with Gasteiger partial charge in [-0.3, -0.25) is 0 Å². The Kier molecular flexibility index (Phi) is 3.81. The zero-order valence-corrected chi connectivity index (χ0v) is 11.0. The number of rotatable bonds is 2. The van der Waals surface area contributed by atoms with Crippen molar-refractivity contribution in [2.24, 2.45) is 10.7 Å². The Morgan fingerprint density at radius 3 is 2.72 bits per heavy atom. The van der Waals surface area contributed by atoms with E-state index in [0.29, 0.717) is 4.42 Å². The Balaban J connectivity index is 2.18. The van der Waals surface area contributed by atoms with Crippen LogP contribution in [-0.2, 0) is 4.74 Å². The zero-order chi connectivity index (χ0) is 13.4. The van der Waals surface area contributed by atoms with Gasteiger partial charge < -0.3 is 0 Å². The fraction of sp³-hybridized carbons (Fsp3) is 0.667. The number of amidine groups is 1. The molecule has 0 radical (unpaired) electrons. The Morgan fingerprint density at radius 2 is 2.17 bits per heavy atom. The predicted molar refractivity (Wildman–Crippen MR) is 62.2 cm³/mol. The summed E-state index contributed by atoms with van der Waals surface area (Å²) in [5.74, 6) is 0.1000. The van der Waals surface area contributed by atoms with E-state index in [0.717, 1.165) is 4.90 Å². The average molecular weight is 322 g/mol. The monoisotopic (exact) mass is 323 g/mol. The minimum absolute atomic E-state index is 0.1000. The van der Waals surface area contributed by atoms with E-state index in [-0.39, 0.29) is 12.4 Å². The summed E-state index contributed by atoms with van der Waals surface area (Å²) in [6, 6.07) is -0.652. The number of carbonyl (C=O) groups is 1. The summed E-state index contributed by atoms with van der Waals surface area (Å²) >= 11 is 2.67. The number of ether oxygens (including phenoxy) is 1. The third-order valence-corrected chi connectivity index (χ3v) is 3.60. The number of nitrogens with zero attached hydrogens (tertiary/aromatic N) is 2. The third-order valence-electron chi connectivity index (χ3n) is 2.89. The first kappa shape index (κ1) is 13.6. The molecule has 2 aliphatic rings. The van der Waals surface area contributed by atoms with Crippen LogP contribution in [-0.4, -0.2) is 89.8 Å². The number of hydrogen-bond donors (Lipinski definition) is 4. The topological polar surface area (TPSA) is 129 Å². The molecule has 1 saturated heterocycles. The van der Waals surface area contributed by atoms with Crippen LogP contribution in [0.25, 0.3) is 0 Å². The van der Waals surface area contributed by atoms with E-state index >= 15 is 0 Å². The van der Waals surface area contributed by atoms with Gasteiger partial charge in [-0.1, -0.05) is 0 Å². The summed E-state index contributed by atoms with van der Waals surface area (Å²) in [6.07, 6.45) is -4.52. The molecule has 100 valence electrons. The number of amides is 2. The van der Waals surface area contributed by atoms with E-state index in [4.69, 9.17) is 15.6 Å². The molecule has 0 spiro atoms. The SMILES string of the molecule is NC1=NC(=O)N([C@@H]2O[C@H](CO)[C@@H](O)[C@H]2O)CC1=[Se]. The predicted octanol–water partition coefficient (Wildman–Crippen LogP) is -3.44. The van der Waals surface area contributed by atoms with E-state index in [1.54, 1.807) is 0 Å². The van der Waals surface area contributed by atoms with Crippen LogP contribution in [0.5, 0.6) is 0 Å². The number of aliphatic imine (C=N–C) groups is 1. The van der Waals surface area contributed by atoms with E-state index in [1.165, 1.54) is 0 Å². The van der Waals surface area contributed by atoms with Crippen molar-refractivity contribution in [2.75, 3.05) is 13.2 Å². The summed E-state index contributed by atoms with van der Waals surface area (Å²) in [5, 5.41) is 28.4. The van der Waals surface area contributed by atoms with Crippen molar-refractivity contribution in [1.29, 1.82) is 0 Å². The van der Waals surface area contributed by atoms with E-state index in [9.17, 15) is 15.0 Å². The molecular formula is C9H13N3O5Se. The Hall–Kier alpha value is -0.831. The molecule has 4 atom stereocenters. The summed E-state index contributed by atoms with van der Waals surface area (Å²) in [4.78, 5) is 16.4. The van der Waals surface area contributed by atoms with Crippen LogP contribution >= 0.6 is 0 Å². The van der Waals surface area contributed by atoms with Crippen LogP contribution in [0.2, 0.25) is 0 Å². The van der Waals surface area contributed by atoms with Gasteiger partial charge >= 0.3 is 110 Å². The van der Waals surface area contributed by atoms with Crippen LogP contribution < -0.4 is 5.73 Å². The number of carbonyl (C=O) groups excluding carboxylic acids is 1. The number of aliphatic hydroxyl groups is 3. The molecule has 2 aliphatic heterocycles. The van der Waals surface area contributed by atoms with Crippen LogP contribution in [0.3, 0.4) is 0 Å². The first-order chi connectivity index (χ1) is 8.45. The van der Waals surface area contributed by atoms with Crippen molar-refractivity contribution in [3.8, 4) is 0 Å². The van der Waals surface area contributed by atoms with Gasteiger partial charge in [-0.05, 0) is 0 Å². The molecule has 5 N–H and O–H groups in total. The first-order valence-electron chi connectivity index (χ1n) is 5.26. The Labute approximate surface area is 110 Å². The van der Waals surface area contributed by atoms with E-state index in [2.05, 4.69) is 20.6 Å². The molecule has 0 aromatic rings. The van der Waals surface area contributed by atoms with E-state index in [1.807, 2.05) is 0 Å². The molecule has 0 aromatic heterocycles. The Morgan fingerprint density at radius 1 is 1.50 bits per heavy atom. The number of aliphatic hydroxyl groups excluding tert-OH is 3. The van der Waals surface area contributed by atoms with Gasteiger partial charge in [0.1, 0.15) is 0 Å². The fourth-order valence-corrected chi connectivity index (χ4v) is 2.26. The van der Waals surface area contributed by atoms with Crippen molar-refractivity contribution in [2.45, 2.75) is 24.5 Å². The van der Waals surface area contributed by atoms with Gasteiger partial charge in [0.05, 0.1) is 0 Å². The number of urea groups is 1. The first-order valence-corrected chi connectivity index (χ1v) is 6.11. The molecule has 0 unspecified atom stereocenters.